The minimum absolute atomic E-state index is 0.121. The summed E-state index contributed by atoms with van der Waals surface area (Å²) in [4.78, 5) is 11.0. The fraction of sp³-hybridized carbons (Fsp3) is 0.947. The molecule has 1 heterocycles. The van der Waals surface area contributed by atoms with Gasteiger partial charge >= 0.3 is 0 Å². The Morgan fingerprint density at radius 2 is 1.83 bits per heavy atom. The van der Waals surface area contributed by atoms with Crippen molar-refractivity contribution >= 4 is 5.91 Å². The second-order valence-electron chi connectivity index (χ2n) is 8.29. The standard InChI is InChI=1S/C19H33NO4/c1-12(21)20-10-16-11-24-19(18(23)17(16)22)15-8-7-14(9-15)6-5-13-3-2-4-13/h13-19,22-23H,2-11H2,1H3,(H,20,21)/t14?,15?,16-,17-,18-,19-/m1/s1. The third-order valence-electron chi connectivity index (χ3n) is 6.54. The summed E-state index contributed by atoms with van der Waals surface area (Å²) in [5, 5.41) is 23.6. The lowest BCUT2D eigenvalue weighted by Crippen LogP contribution is -2.54. The molecule has 0 bridgehead atoms. The molecule has 138 valence electrons. The summed E-state index contributed by atoms with van der Waals surface area (Å²) in [5.74, 6) is 1.75. The third-order valence-corrected chi connectivity index (χ3v) is 6.54. The lowest BCUT2D eigenvalue weighted by Gasteiger charge is -2.40. The fourth-order valence-corrected chi connectivity index (χ4v) is 4.70. The number of aliphatic hydroxyl groups excluding tert-OH is 2. The minimum Gasteiger partial charge on any atom is -0.390 e. The van der Waals surface area contributed by atoms with Crippen molar-refractivity contribution in [1.82, 2.24) is 5.32 Å². The van der Waals surface area contributed by atoms with E-state index >= 15 is 0 Å². The van der Waals surface area contributed by atoms with Crippen LogP contribution >= 0.6 is 0 Å². The SMILES string of the molecule is CC(=O)NC[C@@H]1CO[C@H](C2CCC(CCC3CCC3)C2)[C@H](O)[C@@H]1O. The van der Waals surface area contributed by atoms with Crippen LogP contribution in [0.1, 0.15) is 58.3 Å². The number of aliphatic hydroxyl groups is 2. The molecular formula is C19H33NO4. The van der Waals surface area contributed by atoms with E-state index in [4.69, 9.17) is 4.74 Å². The van der Waals surface area contributed by atoms with Crippen molar-refractivity contribution < 1.29 is 19.7 Å². The summed E-state index contributed by atoms with van der Waals surface area (Å²) in [6.07, 6.45) is 8.49. The Bertz CT molecular complexity index is 426. The van der Waals surface area contributed by atoms with E-state index in [0.717, 1.165) is 24.7 Å². The van der Waals surface area contributed by atoms with Crippen molar-refractivity contribution in [3.8, 4) is 0 Å². The molecule has 24 heavy (non-hydrogen) atoms. The summed E-state index contributed by atoms with van der Waals surface area (Å²) >= 11 is 0. The van der Waals surface area contributed by atoms with Gasteiger partial charge in [-0.1, -0.05) is 38.5 Å². The maximum Gasteiger partial charge on any atom is 0.216 e. The van der Waals surface area contributed by atoms with E-state index in [1.165, 1.54) is 45.4 Å². The molecule has 5 heteroatoms. The van der Waals surface area contributed by atoms with Gasteiger partial charge in [-0.3, -0.25) is 4.79 Å². The monoisotopic (exact) mass is 339 g/mol. The normalized spacial score (nSPS) is 40.3. The molecule has 1 amide bonds. The lowest BCUT2D eigenvalue weighted by molar-refractivity contribution is -0.179. The Morgan fingerprint density at radius 1 is 1.08 bits per heavy atom. The fourth-order valence-electron chi connectivity index (χ4n) is 4.70. The van der Waals surface area contributed by atoms with Gasteiger partial charge in [0.25, 0.3) is 0 Å². The Balaban J connectivity index is 1.44. The van der Waals surface area contributed by atoms with Crippen LogP contribution in [0.3, 0.4) is 0 Å². The number of nitrogens with one attached hydrogen (secondary N) is 1. The number of carbonyl (C=O) groups is 1. The topological polar surface area (TPSA) is 78.8 Å². The van der Waals surface area contributed by atoms with Crippen molar-refractivity contribution in [3.05, 3.63) is 0 Å². The highest BCUT2D eigenvalue weighted by molar-refractivity contribution is 5.72. The van der Waals surface area contributed by atoms with E-state index in [1.54, 1.807) is 0 Å². The van der Waals surface area contributed by atoms with Gasteiger partial charge in [-0.05, 0) is 30.6 Å². The van der Waals surface area contributed by atoms with Crippen LogP contribution in [-0.4, -0.2) is 47.6 Å². The van der Waals surface area contributed by atoms with Gasteiger partial charge in [0.05, 0.1) is 18.8 Å². The van der Waals surface area contributed by atoms with E-state index in [9.17, 15) is 15.0 Å². The van der Waals surface area contributed by atoms with Gasteiger partial charge in [-0.15, -0.1) is 0 Å². The first kappa shape index (κ1) is 18.2. The Morgan fingerprint density at radius 3 is 2.50 bits per heavy atom. The van der Waals surface area contributed by atoms with Crippen molar-refractivity contribution in [1.29, 1.82) is 0 Å². The van der Waals surface area contributed by atoms with Gasteiger partial charge in [0.2, 0.25) is 5.91 Å². The highest BCUT2D eigenvalue weighted by Crippen LogP contribution is 2.41. The van der Waals surface area contributed by atoms with Crippen LogP contribution in [0.2, 0.25) is 0 Å². The number of rotatable bonds is 6. The summed E-state index contributed by atoms with van der Waals surface area (Å²) < 4.78 is 5.93. The highest BCUT2D eigenvalue weighted by Gasteiger charge is 2.44. The van der Waals surface area contributed by atoms with Gasteiger partial charge in [0, 0.05) is 19.4 Å². The second kappa shape index (κ2) is 8.15. The average molecular weight is 339 g/mol. The molecule has 0 spiro atoms. The van der Waals surface area contributed by atoms with Crippen LogP contribution in [-0.2, 0) is 9.53 Å². The number of carbonyl (C=O) groups excluding carboxylic acids is 1. The van der Waals surface area contributed by atoms with Crippen LogP contribution in [0.25, 0.3) is 0 Å². The predicted molar refractivity (Wildman–Crippen MR) is 91.3 cm³/mol. The molecule has 3 aliphatic rings. The van der Waals surface area contributed by atoms with Gasteiger partial charge in [-0.25, -0.2) is 0 Å². The largest absolute Gasteiger partial charge is 0.390 e. The van der Waals surface area contributed by atoms with E-state index < -0.39 is 12.2 Å². The predicted octanol–water partition coefficient (Wildman–Crippen LogP) is 1.86. The summed E-state index contributed by atoms with van der Waals surface area (Å²) in [7, 11) is 0. The molecule has 2 saturated carbocycles. The molecule has 3 fully saturated rings. The smallest absolute Gasteiger partial charge is 0.216 e. The molecule has 2 unspecified atom stereocenters. The molecule has 0 radical (unpaired) electrons. The molecule has 3 rings (SSSR count). The van der Waals surface area contributed by atoms with Crippen molar-refractivity contribution in [2.24, 2.45) is 23.7 Å². The Labute approximate surface area is 145 Å². The van der Waals surface area contributed by atoms with Gasteiger partial charge in [0.1, 0.15) is 6.10 Å². The number of hydrogen-bond donors (Lipinski definition) is 3. The highest BCUT2D eigenvalue weighted by atomic mass is 16.5. The second-order valence-corrected chi connectivity index (χ2v) is 8.29. The molecule has 2 aliphatic carbocycles. The third kappa shape index (κ3) is 4.30. The molecule has 5 nitrogen and oxygen atoms in total. The Kier molecular flexibility index (Phi) is 6.17. The van der Waals surface area contributed by atoms with E-state index in [1.807, 2.05) is 0 Å². The number of ether oxygens (including phenoxy) is 1. The molecule has 0 aromatic rings. The number of hydrogen-bond acceptors (Lipinski definition) is 4. The maximum absolute atomic E-state index is 11.0. The quantitative estimate of drug-likeness (QED) is 0.690. The zero-order chi connectivity index (χ0) is 17.1. The number of amides is 1. The van der Waals surface area contributed by atoms with Crippen LogP contribution in [0, 0.1) is 23.7 Å². The van der Waals surface area contributed by atoms with Gasteiger partial charge in [0.15, 0.2) is 0 Å². The molecule has 0 aromatic heterocycles. The molecule has 3 N–H and O–H groups in total. The van der Waals surface area contributed by atoms with E-state index in [-0.39, 0.29) is 17.9 Å². The summed E-state index contributed by atoms with van der Waals surface area (Å²) in [6, 6.07) is 0. The first-order chi connectivity index (χ1) is 11.5. The molecule has 6 atom stereocenters. The van der Waals surface area contributed by atoms with E-state index in [0.29, 0.717) is 19.1 Å². The maximum atomic E-state index is 11.0. The first-order valence-electron chi connectivity index (χ1n) is 9.76. The average Bonchev–Trinajstić information content (AvgIpc) is 2.95. The van der Waals surface area contributed by atoms with Crippen molar-refractivity contribution in [2.75, 3.05) is 13.2 Å². The molecule has 1 saturated heterocycles. The molecule has 0 aromatic carbocycles. The van der Waals surface area contributed by atoms with Gasteiger partial charge in [-0.2, -0.15) is 0 Å². The summed E-state index contributed by atoms with van der Waals surface area (Å²) in [5.41, 5.74) is 0. The molecule has 1 aliphatic heterocycles. The first-order valence-corrected chi connectivity index (χ1v) is 9.76. The van der Waals surface area contributed by atoms with Gasteiger partial charge < -0.3 is 20.3 Å². The zero-order valence-corrected chi connectivity index (χ0v) is 14.8. The van der Waals surface area contributed by atoms with E-state index in [2.05, 4.69) is 5.32 Å². The lowest BCUT2D eigenvalue weighted by atomic mass is 9.80. The Hall–Kier alpha value is -0.650. The van der Waals surface area contributed by atoms with Crippen LogP contribution in [0.15, 0.2) is 0 Å². The zero-order valence-electron chi connectivity index (χ0n) is 14.8. The van der Waals surface area contributed by atoms with Crippen LogP contribution in [0.5, 0.6) is 0 Å². The minimum atomic E-state index is -0.840. The van der Waals surface area contributed by atoms with Crippen molar-refractivity contribution in [3.63, 3.8) is 0 Å². The molecular weight excluding hydrogens is 306 g/mol. The van der Waals surface area contributed by atoms with Crippen LogP contribution in [0.4, 0.5) is 0 Å². The van der Waals surface area contributed by atoms with Crippen molar-refractivity contribution in [2.45, 2.75) is 76.6 Å². The summed E-state index contributed by atoms with van der Waals surface area (Å²) in [6.45, 7) is 2.22. The van der Waals surface area contributed by atoms with Crippen LogP contribution < -0.4 is 5.32 Å².